The SMILES string of the molecule is CCOCc1nc2c(c(NC)n1)CCCCC2. The molecule has 1 heterocycles. The first kappa shape index (κ1) is 12.3. The van der Waals surface area contributed by atoms with Crippen LogP contribution >= 0.6 is 0 Å². The third-order valence-corrected chi connectivity index (χ3v) is 3.15. The third kappa shape index (κ3) is 2.94. The van der Waals surface area contributed by atoms with Crippen LogP contribution in [0, 0.1) is 0 Å². The van der Waals surface area contributed by atoms with Crippen LogP contribution in [0.25, 0.3) is 0 Å². The average Bonchev–Trinajstić information content (AvgIpc) is 2.60. The van der Waals surface area contributed by atoms with Crippen LogP contribution in [0.2, 0.25) is 0 Å². The highest BCUT2D eigenvalue weighted by molar-refractivity contribution is 5.46. The molecular formula is C13H21N3O. The molecule has 2 rings (SSSR count). The van der Waals surface area contributed by atoms with Crippen molar-refractivity contribution in [2.45, 2.75) is 45.6 Å². The zero-order valence-corrected chi connectivity index (χ0v) is 10.8. The summed E-state index contributed by atoms with van der Waals surface area (Å²) in [5.41, 5.74) is 2.53. The van der Waals surface area contributed by atoms with Crippen LogP contribution in [0.15, 0.2) is 0 Å². The zero-order valence-electron chi connectivity index (χ0n) is 10.8. The number of hydrogen-bond acceptors (Lipinski definition) is 4. The van der Waals surface area contributed by atoms with Gasteiger partial charge in [-0.15, -0.1) is 0 Å². The van der Waals surface area contributed by atoms with Gasteiger partial charge in [0.2, 0.25) is 0 Å². The quantitative estimate of drug-likeness (QED) is 0.814. The molecule has 1 aromatic heterocycles. The lowest BCUT2D eigenvalue weighted by atomic mass is 10.1. The molecule has 1 aliphatic rings. The number of fused-ring (bicyclic) bond motifs is 1. The predicted octanol–water partition coefficient (Wildman–Crippen LogP) is 2.32. The molecule has 0 aromatic carbocycles. The van der Waals surface area contributed by atoms with Crippen LogP contribution in [-0.2, 0) is 24.2 Å². The van der Waals surface area contributed by atoms with Gasteiger partial charge in [-0.1, -0.05) is 6.42 Å². The molecule has 1 aromatic rings. The standard InChI is InChI=1S/C13H21N3O/c1-3-17-9-12-15-11-8-6-4-5-7-10(11)13(14-2)16-12/h3-9H2,1-2H3,(H,14,15,16). The van der Waals surface area contributed by atoms with Crippen molar-refractivity contribution in [2.75, 3.05) is 19.0 Å². The summed E-state index contributed by atoms with van der Waals surface area (Å²) in [5, 5.41) is 3.19. The Kier molecular flexibility index (Phi) is 4.31. The second kappa shape index (κ2) is 5.96. The van der Waals surface area contributed by atoms with E-state index in [1.807, 2.05) is 14.0 Å². The summed E-state index contributed by atoms with van der Waals surface area (Å²) < 4.78 is 5.39. The molecule has 0 radical (unpaired) electrons. The van der Waals surface area contributed by atoms with Gasteiger partial charge in [0.05, 0.1) is 0 Å². The Morgan fingerprint density at radius 3 is 2.76 bits per heavy atom. The molecule has 0 saturated heterocycles. The summed E-state index contributed by atoms with van der Waals surface area (Å²) in [5.74, 6) is 1.79. The van der Waals surface area contributed by atoms with Gasteiger partial charge in [0.15, 0.2) is 5.82 Å². The largest absolute Gasteiger partial charge is 0.374 e. The molecule has 17 heavy (non-hydrogen) atoms. The van der Waals surface area contributed by atoms with E-state index >= 15 is 0 Å². The van der Waals surface area contributed by atoms with Crippen LogP contribution in [0.5, 0.6) is 0 Å². The average molecular weight is 235 g/mol. The van der Waals surface area contributed by atoms with Crippen molar-refractivity contribution in [3.05, 3.63) is 17.1 Å². The van der Waals surface area contributed by atoms with Crippen LogP contribution in [-0.4, -0.2) is 23.6 Å². The molecule has 4 heteroatoms. The van der Waals surface area contributed by atoms with Crippen molar-refractivity contribution >= 4 is 5.82 Å². The van der Waals surface area contributed by atoms with Gasteiger partial charge in [-0.05, 0) is 32.6 Å². The fraction of sp³-hybridized carbons (Fsp3) is 0.692. The van der Waals surface area contributed by atoms with Crippen molar-refractivity contribution in [1.29, 1.82) is 0 Å². The molecule has 0 atom stereocenters. The lowest BCUT2D eigenvalue weighted by molar-refractivity contribution is 0.128. The van der Waals surface area contributed by atoms with Gasteiger partial charge < -0.3 is 10.1 Å². The first-order chi connectivity index (χ1) is 8.35. The third-order valence-electron chi connectivity index (χ3n) is 3.15. The van der Waals surface area contributed by atoms with Crippen LogP contribution in [0.4, 0.5) is 5.82 Å². The monoisotopic (exact) mass is 235 g/mol. The Morgan fingerprint density at radius 1 is 1.18 bits per heavy atom. The summed E-state index contributed by atoms with van der Waals surface area (Å²) >= 11 is 0. The van der Waals surface area contributed by atoms with Gasteiger partial charge in [0.1, 0.15) is 12.4 Å². The predicted molar refractivity (Wildman–Crippen MR) is 68.2 cm³/mol. The fourth-order valence-corrected chi connectivity index (χ4v) is 2.29. The van der Waals surface area contributed by atoms with Gasteiger partial charge in [-0.2, -0.15) is 0 Å². The number of rotatable bonds is 4. The molecular weight excluding hydrogens is 214 g/mol. The second-order valence-electron chi connectivity index (χ2n) is 4.36. The molecule has 0 fully saturated rings. The highest BCUT2D eigenvalue weighted by Crippen LogP contribution is 2.24. The summed E-state index contributed by atoms with van der Waals surface area (Å²) in [6, 6.07) is 0. The van der Waals surface area contributed by atoms with Crippen molar-refractivity contribution in [3.63, 3.8) is 0 Å². The van der Waals surface area contributed by atoms with Crippen LogP contribution < -0.4 is 5.32 Å². The normalized spacial score (nSPS) is 15.2. The topological polar surface area (TPSA) is 47.0 Å². The lowest BCUT2D eigenvalue weighted by Gasteiger charge is -2.12. The molecule has 0 amide bonds. The van der Waals surface area contributed by atoms with Gasteiger partial charge in [0, 0.05) is 24.9 Å². The maximum atomic E-state index is 5.39. The Balaban J connectivity index is 2.29. The molecule has 0 unspecified atom stereocenters. The van der Waals surface area contributed by atoms with Gasteiger partial charge in [-0.25, -0.2) is 9.97 Å². The van der Waals surface area contributed by atoms with Crippen molar-refractivity contribution in [3.8, 4) is 0 Å². The molecule has 0 aliphatic heterocycles. The number of hydrogen-bond donors (Lipinski definition) is 1. The Bertz CT molecular complexity index is 379. The van der Waals surface area contributed by atoms with E-state index < -0.39 is 0 Å². The first-order valence-corrected chi connectivity index (χ1v) is 6.49. The number of nitrogens with zero attached hydrogens (tertiary/aromatic N) is 2. The van der Waals surface area contributed by atoms with Crippen LogP contribution in [0.1, 0.15) is 43.3 Å². The van der Waals surface area contributed by atoms with Crippen molar-refractivity contribution < 1.29 is 4.74 Å². The number of anilines is 1. The first-order valence-electron chi connectivity index (χ1n) is 6.49. The summed E-state index contributed by atoms with van der Waals surface area (Å²) in [4.78, 5) is 9.18. The van der Waals surface area contributed by atoms with Crippen LogP contribution in [0.3, 0.4) is 0 Å². The Labute approximate surface area is 103 Å². The lowest BCUT2D eigenvalue weighted by Crippen LogP contribution is -2.09. The number of ether oxygens (including phenoxy) is 1. The highest BCUT2D eigenvalue weighted by Gasteiger charge is 2.15. The van der Waals surface area contributed by atoms with E-state index in [0.717, 1.165) is 24.5 Å². The van der Waals surface area contributed by atoms with E-state index in [9.17, 15) is 0 Å². The molecule has 94 valence electrons. The van der Waals surface area contributed by atoms with E-state index in [1.165, 1.54) is 30.5 Å². The highest BCUT2D eigenvalue weighted by atomic mass is 16.5. The summed E-state index contributed by atoms with van der Waals surface area (Å²) in [6.45, 7) is 3.20. The number of aromatic nitrogens is 2. The maximum absolute atomic E-state index is 5.39. The van der Waals surface area contributed by atoms with Gasteiger partial charge in [0.25, 0.3) is 0 Å². The molecule has 1 aliphatic carbocycles. The minimum atomic E-state index is 0.512. The molecule has 0 spiro atoms. The van der Waals surface area contributed by atoms with Crippen molar-refractivity contribution in [2.24, 2.45) is 0 Å². The van der Waals surface area contributed by atoms with Gasteiger partial charge >= 0.3 is 0 Å². The minimum Gasteiger partial charge on any atom is -0.374 e. The fourth-order valence-electron chi connectivity index (χ4n) is 2.29. The van der Waals surface area contributed by atoms with E-state index in [-0.39, 0.29) is 0 Å². The van der Waals surface area contributed by atoms with Gasteiger partial charge in [-0.3, -0.25) is 0 Å². The number of nitrogens with one attached hydrogen (secondary N) is 1. The van der Waals surface area contributed by atoms with Crippen molar-refractivity contribution in [1.82, 2.24) is 9.97 Å². The second-order valence-corrected chi connectivity index (χ2v) is 4.36. The zero-order chi connectivity index (χ0) is 12.1. The molecule has 1 N–H and O–H groups in total. The Morgan fingerprint density at radius 2 is 2.00 bits per heavy atom. The molecule has 0 saturated carbocycles. The molecule has 0 bridgehead atoms. The summed E-state index contributed by atoms with van der Waals surface area (Å²) in [7, 11) is 1.93. The summed E-state index contributed by atoms with van der Waals surface area (Å²) in [6.07, 6.45) is 5.95. The number of aryl methyl sites for hydroxylation is 1. The minimum absolute atomic E-state index is 0.512. The van der Waals surface area contributed by atoms with E-state index in [1.54, 1.807) is 0 Å². The van der Waals surface area contributed by atoms with E-state index in [0.29, 0.717) is 13.2 Å². The van der Waals surface area contributed by atoms with E-state index in [4.69, 9.17) is 4.74 Å². The van der Waals surface area contributed by atoms with E-state index in [2.05, 4.69) is 15.3 Å². The molecule has 4 nitrogen and oxygen atoms in total. The smallest absolute Gasteiger partial charge is 0.156 e. The maximum Gasteiger partial charge on any atom is 0.156 e. The Hall–Kier alpha value is -1.16.